The van der Waals surface area contributed by atoms with E-state index in [1.54, 1.807) is 6.07 Å². The van der Waals surface area contributed by atoms with Crippen LogP contribution in [0, 0.1) is 0 Å². The molecule has 2 amide bonds. The number of benzene rings is 1. The van der Waals surface area contributed by atoms with Gasteiger partial charge in [-0.1, -0.05) is 13.8 Å². The number of rotatable bonds is 7. The van der Waals surface area contributed by atoms with E-state index in [4.69, 9.17) is 4.74 Å². The highest BCUT2D eigenvalue weighted by molar-refractivity contribution is 5.90. The third-order valence-corrected chi connectivity index (χ3v) is 4.54. The molecule has 2 rings (SSSR count). The summed E-state index contributed by atoms with van der Waals surface area (Å²) >= 11 is 0. The minimum absolute atomic E-state index is 0.250. The van der Waals surface area contributed by atoms with Crippen LogP contribution < -0.4 is 15.5 Å². The van der Waals surface area contributed by atoms with Gasteiger partial charge in [0.15, 0.2) is 0 Å². The molecular weight excluding hydrogens is 361 g/mol. The number of carbonyl (C=O) groups is 1. The van der Waals surface area contributed by atoms with Crippen LogP contribution in [-0.2, 0) is 10.9 Å². The Labute approximate surface area is 157 Å². The molecule has 0 saturated carbocycles. The van der Waals surface area contributed by atoms with Crippen molar-refractivity contribution in [2.24, 2.45) is 0 Å². The summed E-state index contributed by atoms with van der Waals surface area (Å²) in [5.74, 6) is 0. The molecule has 1 aromatic rings. The zero-order chi connectivity index (χ0) is 19.9. The Kier molecular flexibility index (Phi) is 7.73. The van der Waals surface area contributed by atoms with Crippen molar-refractivity contribution in [1.29, 1.82) is 0 Å². The number of anilines is 2. The highest BCUT2D eigenvalue weighted by Gasteiger charge is 2.34. The molecular formula is C18H27F3N4O2. The van der Waals surface area contributed by atoms with E-state index in [1.807, 2.05) is 18.7 Å². The Hall–Kier alpha value is -2.00. The Morgan fingerprint density at radius 2 is 1.89 bits per heavy atom. The maximum Gasteiger partial charge on any atom is 0.418 e. The van der Waals surface area contributed by atoms with Crippen LogP contribution in [0.2, 0.25) is 0 Å². The van der Waals surface area contributed by atoms with Gasteiger partial charge in [-0.05, 0) is 31.3 Å². The molecule has 0 aromatic heterocycles. The van der Waals surface area contributed by atoms with Crippen molar-refractivity contribution in [3.63, 3.8) is 0 Å². The largest absolute Gasteiger partial charge is 0.418 e. The lowest BCUT2D eigenvalue weighted by molar-refractivity contribution is -0.136. The number of ether oxygens (including phenoxy) is 1. The molecule has 27 heavy (non-hydrogen) atoms. The van der Waals surface area contributed by atoms with Gasteiger partial charge in [-0.2, -0.15) is 13.2 Å². The lowest BCUT2D eigenvalue weighted by Gasteiger charge is -2.29. The quantitative estimate of drug-likeness (QED) is 0.754. The summed E-state index contributed by atoms with van der Waals surface area (Å²) < 4.78 is 45.7. The van der Waals surface area contributed by atoms with Gasteiger partial charge in [0.25, 0.3) is 0 Å². The molecule has 1 fully saturated rings. The maximum absolute atomic E-state index is 13.5. The number of nitrogens with one attached hydrogen (secondary N) is 2. The van der Waals surface area contributed by atoms with Crippen LogP contribution in [0.3, 0.4) is 0 Å². The average Bonchev–Trinajstić information content (AvgIpc) is 2.65. The fourth-order valence-electron chi connectivity index (χ4n) is 2.93. The lowest BCUT2D eigenvalue weighted by atomic mass is 10.1. The number of nitrogens with zero attached hydrogens (tertiary/aromatic N) is 2. The predicted octanol–water partition coefficient (Wildman–Crippen LogP) is 3.01. The molecule has 0 spiro atoms. The van der Waals surface area contributed by atoms with Crippen LogP contribution in [-0.4, -0.2) is 63.4 Å². The third-order valence-electron chi connectivity index (χ3n) is 4.54. The van der Waals surface area contributed by atoms with Gasteiger partial charge in [0, 0.05) is 31.9 Å². The summed E-state index contributed by atoms with van der Waals surface area (Å²) in [5, 5.41) is 4.93. The van der Waals surface area contributed by atoms with E-state index in [2.05, 4.69) is 15.5 Å². The minimum Gasteiger partial charge on any atom is -0.378 e. The molecule has 0 atom stereocenters. The zero-order valence-corrected chi connectivity index (χ0v) is 15.7. The highest BCUT2D eigenvalue weighted by Crippen LogP contribution is 2.37. The van der Waals surface area contributed by atoms with Gasteiger partial charge in [-0.25, -0.2) is 4.79 Å². The van der Waals surface area contributed by atoms with Crippen LogP contribution in [0.5, 0.6) is 0 Å². The molecule has 2 N–H and O–H groups in total. The summed E-state index contributed by atoms with van der Waals surface area (Å²) in [7, 11) is 0. The number of carbonyl (C=O) groups excluding carboxylic acids is 1. The number of urea groups is 1. The van der Waals surface area contributed by atoms with Crippen molar-refractivity contribution >= 4 is 17.4 Å². The predicted molar refractivity (Wildman–Crippen MR) is 99.3 cm³/mol. The first-order valence-electron chi connectivity index (χ1n) is 9.16. The Morgan fingerprint density at radius 3 is 2.48 bits per heavy atom. The summed E-state index contributed by atoms with van der Waals surface area (Å²) in [5.41, 5.74) is -0.636. The number of amides is 2. The van der Waals surface area contributed by atoms with E-state index in [9.17, 15) is 18.0 Å². The van der Waals surface area contributed by atoms with Crippen molar-refractivity contribution in [2.45, 2.75) is 20.0 Å². The van der Waals surface area contributed by atoms with E-state index in [-0.39, 0.29) is 5.69 Å². The van der Waals surface area contributed by atoms with Crippen LogP contribution in [0.15, 0.2) is 18.2 Å². The molecule has 1 saturated heterocycles. The molecule has 152 valence electrons. The van der Waals surface area contributed by atoms with Crippen molar-refractivity contribution < 1.29 is 22.7 Å². The Morgan fingerprint density at radius 1 is 1.22 bits per heavy atom. The fraction of sp³-hybridized carbons (Fsp3) is 0.611. The smallest absolute Gasteiger partial charge is 0.378 e. The summed E-state index contributed by atoms with van der Waals surface area (Å²) in [6.07, 6.45) is -4.56. The third kappa shape index (κ3) is 6.28. The Balaban J connectivity index is 2.05. The summed E-state index contributed by atoms with van der Waals surface area (Å²) in [6.45, 7) is 8.76. The number of hydrogen-bond donors (Lipinski definition) is 2. The van der Waals surface area contributed by atoms with Crippen LogP contribution >= 0.6 is 0 Å². The van der Waals surface area contributed by atoms with Gasteiger partial charge in [0.05, 0.1) is 24.5 Å². The van der Waals surface area contributed by atoms with Gasteiger partial charge >= 0.3 is 12.2 Å². The van der Waals surface area contributed by atoms with E-state index in [0.29, 0.717) is 45.1 Å². The van der Waals surface area contributed by atoms with E-state index >= 15 is 0 Å². The van der Waals surface area contributed by atoms with E-state index < -0.39 is 17.8 Å². The molecule has 1 aliphatic heterocycles. The van der Waals surface area contributed by atoms with Crippen molar-refractivity contribution in [3.05, 3.63) is 23.8 Å². The Bertz CT molecular complexity index is 615. The fourth-order valence-corrected chi connectivity index (χ4v) is 2.93. The molecule has 0 bridgehead atoms. The second-order valence-electron chi connectivity index (χ2n) is 6.23. The summed E-state index contributed by atoms with van der Waals surface area (Å²) in [4.78, 5) is 16.0. The topological polar surface area (TPSA) is 56.8 Å². The SMILES string of the molecule is CCN(CC)CCNC(=O)Nc1ccc(N2CCOCC2)cc1C(F)(F)F. The number of hydrogen-bond acceptors (Lipinski definition) is 4. The van der Waals surface area contributed by atoms with Gasteiger partial charge in [0.2, 0.25) is 0 Å². The van der Waals surface area contributed by atoms with E-state index in [0.717, 1.165) is 19.2 Å². The van der Waals surface area contributed by atoms with Crippen LogP contribution in [0.25, 0.3) is 0 Å². The first-order valence-corrected chi connectivity index (χ1v) is 9.16. The molecule has 1 aromatic carbocycles. The molecule has 0 radical (unpaired) electrons. The number of likely N-dealkylation sites (N-methyl/N-ethyl adjacent to an activating group) is 1. The number of alkyl halides is 3. The molecule has 6 nitrogen and oxygen atoms in total. The van der Waals surface area contributed by atoms with Crippen molar-refractivity contribution in [3.8, 4) is 0 Å². The summed E-state index contributed by atoms with van der Waals surface area (Å²) in [6, 6.07) is 3.33. The van der Waals surface area contributed by atoms with Gasteiger partial charge in [-0.3, -0.25) is 0 Å². The number of morpholine rings is 1. The number of halogens is 3. The van der Waals surface area contributed by atoms with Crippen LogP contribution in [0.1, 0.15) is 19.4 Å². The maximum atomic E-state index is 13.5. The van der Waals surface area contributed by atoms with Gasteiger partial charge < -0.3 is 25.2 Å². The molecule has 1 aliphatic rings. The van der Waals surface area contributed by atoms with Crippen molar-refractivity contribution in [2.75, 3.05) is 62.7 Å². The molecule has 1 heterocycles. The standard InChI is InChI=1S/C18H27F3N4O2/c1-3-24(4-2)8-7-22-17(26)23-16-6-5-14(13-15(16)18(19,20)21)25-9-11-27-12-10-25/h5-6,13H,3-4,7-12H2,1-2H3,(H2,22,23,26). The molecule has 0 aliphatic carbocycles. The van der Waals surface area contributed by atoms with Gasteiger partial charge in [0.1, 0.15) is 0 Å². The normalized spacial score (nSPS) is 15.1. The first kappa shape index (κ1) is 21.3. The lowest BCUT2D eigenvalue weighted by Crippen LogP contribution is -2.37. The zero-order valence-electron chi connectivity index (χ0n) is 15.7. The van der Waals surface area contributed by atoms with Crippen LogP contribution in [0.4, 0.5) is 29.3 Å². The first-order chi connectivity index (χ1) is 12.8. The van der Waals surface area contributed by atoms with Gasteiger partial charge in [-0.15, -0.1) is 0 Å². The minimum atomic E-state index is -4.56. The second-order valence-corrected chi connectivity index (χ2v) is 6.23. The monoisotopic (exact) mass is 388 g/mol. The van der Waals surface area contributed by atoms with E-state index in [1.165, 1.54) is 6.07 Å². The molecule has 0 unspecified atom stereocenters. The molecule has 9 heteroatoms. The second kappa shape index (κ2) is 9.80. The average molecular weight is 388 g/mol. The highest BCUT2D eigenvalue weighted by atomic mass is 19.4. The van der Waals surface area contributed by atoms with Crippen molar-refractivity contribution in [1.82, 2.24) is 10.2 Å².